The van der Waals surface area contributed by atoms with Crippen LogP contribution in [-0.2, 0) is 15.1 Å². The number of hydrogen-bond donors (Lipinski definition) is 2. The van der Waals surface area contributed by atoms with Crippen molar-refractivity contribution in [3.05, 3.63) is 16.8 Å². The number of fused-ring (bicyclic) bond motifs is 1. The molecule has 2 aliphatic rings. The fourth-order valence-electron chi connectivity index (χ4n) is 3.56. The van der Waals surface area contributed by atoms with Crippen molar-refractivity contribution in [1.82, 2.24) is 24.8 Å². The summed E-state index contributed by atoms with van der Waals surface area (Å²) in [6, 6.07) is 0. The lowest BCUT2D eigenvalue weighted by atomic mass is 10.1. The molecule has 2 N–H and O–H groups in total. The van der Waals surface area contributed by atoms with Gasteiger partial charge in [-0.15, -0.1) is 0 Å². The summed E-state index contributed by atoms with van der Waals surface area (Å²) >= 11 is 6.23. The van der Waals surface area contributed by atoms with E-state index in [-0.39, 0.29) is 17.6 Å². The molecule has 2 aromatic rings. The summed E-state index contributed by atoms with van der Waals surface area (Å²) < 4.78 is 13.7. The molecule has 0 radical (unpaired) electrons. The molecule has 2 atom stereocenters. The summed E-state index contributed by atoms with van der Waals surface area (Å²) in [5.41, 5.74) is 0.677. The number of aliphatic hydroxyl groups is 1. The Balaban J connectivity index is 1.91. The highest BCUT2D eigenvalue weighted by Crippen LogP contribution is 2.35. The number of imidazole rings is 1. The number of morpholine rings is 1. The van der Waals surface area contributed by atoms with E-state index < -0.39 is 5.60 Å². The molecule has 4 heterocycles. The Labute approximate surface area is 156 Å². The third-order valence-electron chi connectivity index (χ3n) is 4.76. The van der Waals surface area contributed by atoms with Crippen molar-refractivity contribution in [3.63, 3.8) is 0 Å². The second-order valence-electron chi connectivity index (χ2n) is 7.30. The first kappa shape index (κ1) is 18.1. The summed E-state index contributed by atoms with van der Waals surface area (Å²) in [6.45, 7) is 6.13. The lowest BCUT2D eigenvalue weighted by Crippen LogP contribution is -2.34. The number of ether oxygens (including phenoxy) is 2. The van der Waals surface area contributed by atoms with E-state index >= 15 is 0 Å². The molecule has 2 saturated heterocycles. The smallest absolute Gasteiger partial charge is 0.224 e. The predicted octanol–water partition coefficient (Wildman–Crippen LogP) is 2.07. The SMILES string of the molecule is CC(C)(O)c1nc2c(C3CNCCO3)nc(Cl)nc2n1C1CCCCO1. The summed E-state index contributed by atoms with van der Waals surface area (Å²) in [6.07, 6.45) is 2.45. The van der Waals surface area contributed by atoms with Crippen molar-refractivity contribution in [3.8, 4) is 0 Å². The first-order valence-corrected chi connectivity index (χ1v) is 9.45. The van der Waals surface area contributed by atoms with Crippen molar-refractivity contribution in [2.75, 3.05) is 26.3 Å². The van der Waals surface area contributed by atoms with E-state index in [0.29, 0.717) is 42.4 Å². The first-order valence-electron chi connectivity index (χ1n) is 9.07. The average molecular weight is 382 g/mol. The van der Waals surface area contributed by atoms with Crippen LogP contribution in [0.25, 0.3) is 11.2 Å². The summed E-state index contributed by atoms with van der Waals surface area (Å²) in [4.78, 5) is 13.5. The summed E-state index contributed by atoms with van der Waals surface area (Å²) in [5.74, 6) is 0.501. The minimum absolute atomic E-state index is 0.140. The fourth-order valence-corrected chi connectivity index (χ4v) is 3.74. The van der Waals surface area contributed by atoms with Crippen LogP contribution in [0.2, 0.25) is 5.28 Å². The van der Waals surface area contributed by atoms with E-state index in [1.165, 1.54) is 0 Å². The van der Waals surface area contributed by atoms with Gasteiger partial charge in [-0.3, -0.25) is 4.57 Å². The zero-order valence-corrected chi connectivity index (χ0v) is 15.8. The van der Waals surface area contributed by atoms with Gasteiger partial charge < -0.3 is 19.9 Å². The molecule has 0 saturated carbocycles. The Morgan fingerprint density at radius 1 is 1.19 bits per heavy atom. The van der Waals surface area contributed by atoms with Gasteiger partial charge in [-0.25, -0.2) is 9.97 Å². The van der Waals surface area contributed by atoms with Gasteiger partial charge in [0.1, 0.15) is 35.0 Å². The van der Waals surface area contributed by atoms with E-state index in [1.54, 1.807) is 13.8 Å². The van der Waals surface area contributed by atoms with E-state index in [9.17, 15) is 5.11 Å². The van der Waals surface area contributed by atoms with Crippen LogP contribution in [-0.4, -0.2) is 50.9 Å². The Morgan fingerprint density at radius 2 is 2.04 bits per heavy atom. The molecule has 0 amide bonds. The molecule has 2 aromatic heterocycles. The van der Waals surface area contributed by atoms with Crippen LogP contribution in [0.4, 0.5) is 0 Å². The molecule has 142 valence electrons. The normalized spacial score (nSPS) is 24.9. The van der Waals surface area contributed by atoms with E-state index in [1.807, 2.05) is 4.57 Å². The van der Waals surface area contributed by atoms with Crippen LogP contribution in [0, 0.1) is 0 Å². The second-order valence-corrected chi connectivity index (χ2v) is 7.64. The lowest BCUT2D eigenvalue weighted by molar-refractivity contribution is -0.0405. The van der Waals surface area contributed by atoms with Crippen LogP contribution in [0.5, 0.6) is 0 Å². The van der Waals surface area contributed by atoms with Gasteiger partial charge in [0, 0.05) is 19.7 Å². The van der Waals surface area contributed by atoms with Crippen LogP contribution in [0.1, 0.15) is 57.0 Å². The highest BCUT2D eigenvalue weighted by atomic mass is 35.5. The number of hydrogen-bond acceptors (Lipinski definition) is 7. The van der Waals surface area contributed by atoms with Gasteiger partial charge in [0.15, 0.2) is 5.65 Å². The molecule has 0 aliphatic carbocycles. The van der Waals surface area contributed by atoms with Crippen LogP contribution >= 0.6 is 11.6 Å². The number of nitrogens with zero attached hydrogens (tertiary/aromatic N) is 4. The van der Waals surface area contributed by atoms with E-state index in [2.05, 4.69) is 15.3 Å². The van der Waals surface area contributed by atoms with Crippen molar-refractivity contribution in [2.45, 2.75) is 51.0 Å². The zero-order valence-electron chi connectivity index (χ0n) is 15.0. The highest BCUT2D eigenvalue weighted by molar-refractivity contribution is 6.28. The maximum atomic E-state index is 10.7. The van der Waals surface area contributed by atoms with Gasteiger partial charge in [0.2, 0.25) is 5.28 Å². The Kier molecular flexibility index (Phi) is 4.87. The standard InChI is InChI=1S/C17H24ClN5O3/c1-17(2,24)15-20-13-12(10-9-19-6-8-25-10)21-16(18)22-14(13)23(15)11-5-3-4-7-26-11/h10-11,19,24H,3-9H2,1-2H3. The molecule has 9 heteroatoms. The van der Waals surface area contributed by atoms with E-state index in [0.717, 1.165) is 25.8 Å². The minimum atomic E-state index is -1.16. The first-order chi connectivity index (χ1) is 12.4. The second kappa shape index (κ2) is 7.01. The third kappa shape index (κ3) is 3.32. The molecule has 2 unspecified atom stereocenters. The highest BCUT2D eigenvalue weighted by Gasteiger charge is 2.33. The van der Waals surface area contributed by atoms with Crippen LogP contribution < -0.4 is 5.32 Å². The fraction of sp³-hybridized carbons (Fsp3) is 0.706. The minimum Gasteiger partial charge on any atom is -0.383 e. The Hall–Kier alpha value is -1.32. The van der Waals surface area contributed by atoms with E-state index in [4.69, 9.17) is 26.1 Å². The number of nitrogens with one attached hydrogen (secondary N) is 1. The van der Waals surface area contributed by atoms with Gasteiger partial charge >= 0.3 is 0 Å². The molecular weight excluding hydrogens is 358 g/mol. The van der Waals surface area contributed by atoms with Gasteiger partial charge in [0.05, 0.1) is 6.61 Å². The zero-order chi connectivity index (χ0) is 18.3. The molecule has 26 heavy (non-hydrogen) atoms. The number of rotatable bonds is 3. The molecule has 8 nitrogen and oxygen atoms in total. The van der Waals surface area contributed by atoms with Crippen molar-refractivity contribution in [1.29, 1.82) is 0 Å². The topological polar surface area (TPSA) is 94.3 Å². The maximum absolute atomic E-state index is 10.7. The van der Waals surface area contributed by atoms with Crippen molar-refractivity contribution in [2.24, 2.45) is 0 Å². The summed E-state index contributed by atoms with van der Waals surface area (Å²) in [7, 11) is 0. The molecule has 0 aromatic carbocycles. The van der Waals surface area contributed by atoms with Crippen molar-refractivity contribution < 1.29 is 14.6 Å². The third-order valence-corrected chi connectivity index (χ3v) is 4.93. The van der Waals surface area contributed by atoms with Gasteiger partial charge in [-0.2, -0.15) is 4.98 Å². The van der Waals surface area contributed by atoms with Gasteiger partial charge in [-0.05, 0) is 44.7 Å². The average Bonchev–Trinajstić information content (AvgIpc) is 3.02. The molecule has 4 rings (SSSR count). The number of aromatic nitrogens is 4. The Bertz CT molecular complexity index is 792. The largest absolute Gasteiger partial charge is 0.383 e. The Morgan fingerprint density at radius 3 is 2.69 bits per heavy atom. The lowest BCUT2D eigenvalue weighted by Gasteiger charge is -2.28. The van der Waals surface area contributed by atoms with Crippen LogP contribution in [0.3, 0.4) is 0 Å². The number of halogens is 1. The predicted molar refractivity (Wildman–Crippen MR) is 96.0 cm³/mol. The quantitative estimate of drug-likeness (QED) is 0.786. The molecular formula is C17H24ClN5O3. The van der Waals surface area contributed by atoms with Gasteiger partial charge in [-0.1, -0.05) is 0 Å². The van der Waals surface area contributed by atoms with Crippen molar-refractivity contribution >= 4 is 22.8 Å². The van der Waals surface area contributed by atoms with Gasteiger partial charge in [0.25, 0.3) is 0 Å². The molecule has 0 spiro atoms. The molecule has 2 fully saturated rings. The maximum Gasteiger partial charge on any atom is 0.224 e. The monoisotopic (exact) mass is 381 g/mol. The van der Waals surface area contributed by atoms with Crippen LogP contribution in [0.15, 0.2) is 0 Å². The molecule has 2 aliphatic heterocycles. The summed E-state index contributed by atoms with van der Waals surface area (Å²) in [5, 5.41) is 14.1. The molecule has 0 bridgehead atoms.